The summed E-state index contributed by atoms with van der Waals surface area (Å²) < 4.78 is 9.82. The van der Waals surface area contributed by atoms with Crippen molar-refractivity contribution >= 4 is 128 Å². The van der Waals surface area contributed by atoms with E-state index in [0.717, 1.165) is 61.8 Å². The molecule has 2 aliphatic rings. The van der Waals surface area contributed by atoms with E-state index < -0.39 is 0 Å². The molecule has 6 heteroatoms. The number of rotatable bonds is 5. The predicted molar refractivity (Wildman–Crippen MR) is 330 cm³/mol. The highest BCUT2D eigenvalue weighted by Gasteiger charge is 2.46. The summed E-state index contributed by atoms with van der Waals surface area (Å²) in [6.07, 6.45) is 0. The topological polar surface area (TPSA) is 22.9 Å². The van der Waals surface area contributed by atoms with E-state index in [1.807, 2.05) is 11.3 Å². The lowest BCUT2D eigenvalue weighted by molar-refractivity contribution is 0.590. The van der Waals surface area contributed by atoms with E-state index in [1.165, 1.54) is 70.2 Å². The summed E-state index contributed by atoms with van der Waals surface area (Å²) >= 11 is 1.95. The summed E-state index contributed by atoms with van der Waals surface area (Å²) in [5.41, 5.74) is 19.9. The normalized spacial score (nSPS) is 13.7. The van der Waals surface area contributed by atoms with Crippen LogP contribution in [-0.4, -0.2) is 6.71 Å². The molecule has 0 radical (unpaired) electrons. The Morgan fingerprint density at radius 2 is 0.947 bits per heavy atom. The fourth-order valence-electron chi connectivity index (χ4n) is 12.0. The van der Waals surface area contributed by atoms with Gasteiger partial charge in [0.2, 0.25) is 0 Å². The maximum atomic E-state index is 7.17. The quantitative estimate of drug-likeness (QED) is 0.160. The number of fused-ring (bicyclic) bond motifs is 10. The first-order chi connectivity index (χ1) is 36.2. The highest BCUT2D eigenvalue weighted by atomic mass is 32.1. The number of nitrogens with zero attached hydrogens (tertiary/aromatic N) is 3. The third kappa shape index (κ3) is 7.77. The molecule has 11 aromatic rings. The Morgan fingerprint density at radius 3 is 1.55 bits per heavy atom. The van der Waals surface area contributed by atoms with Crippen molar-refractivity contribution in [2.75, 3.05) is 14.7 Å². The highest BCUT2D eigenvalue weighted by Crippen LogP contribution is 2.51. The molecule has 4 nitrogen and oxygen atoms in total. The second-order valence-corrected chi connectivity index (χ2v) is 26.6. The van der Waals surface area contributed by atoms with Gasteiger partial charge in [-0.3, -0.25) is 0 Å². The largest absolute Gasteiger partial charge is 0.454 e. The molecule has 2 aromatic heterocycles. The lowest BCUT2D eigenvalue weighted by Crippen LogP contribution is -2.60. The van der Waals surface area contributed by atoms with Gasteiger partial charge >= 0.3 is 0 Å². The standard InChI is InChI=1S/C70H66BN3OS/c1-67(2,3)45-23-30-49(31-24-45)72(50-32-25-46(26-33-50)68(4,5)6)52-36-37-56-60(42-52)74(59-22-15-19-53-54-39-43-17-13-14-18-44(43)40-61(54)75-65(53)59)58-21-16-20-57-63(58)71(56)66-64(55-41-48(70(10,11)12)29-38-62(55)76-66)73(57)51-34-27-47(28-35-51)69(7,8)9/h13-42H,1-12H3. The molecule has 0 N–H and O–H groups in total. The Labute approximate surface area is 453 Å². The van der Waals surface area contributed by atoms with Crippen LogP contribution in [0.15, 0.2) is 186 Å². The molecule has 0 saturated heterocycles. The zero-order valence-electron chi connectivity index (χ0n) is 46.1. The molecule has 376 valence electrons. The molecule has 0 unspecified atom stereocenters. The predicted octanol–water partition coefficient (Wildman–Crippen LogP) is 18.7. The number of para-hydroxylation sites is 1. The second-order valence-electron chi connectivity index (χ2n) is 25.5. The van der Waals surface area contributed by atoms with Gasteiger partial charge in [0.05, 0.1) is 11.4 Å². The monoisotopic (exact) mass is 1010 g/mol. The van der Waals surface area contributed by atoms with E-state index in [-0.39, 0.29) is 28.4 Å². The molecule has 4 heterocycles. The van der Waals surface area contributed by atoms with Crippen LogP contribution < -0.4 is 30.4 Å². The van der Waals surface area contributed by atoms with Crippen LogP contribution in [0.3, 0.4) is 0 Å². The maximum Gasteiger partial charge on any atom is 0.264 e. The fourth-order valence-corrected chi connectivity index (χ4v) is 13.3. The first-order valence-corrected chi connectivity index (χ1v) is 27.9. The van der Waals surface area contributed by atoms with Gasteiger partial charge < -0.3 is 19.1 Å². The van der Waals surface area contributed by atoms with E-state index in [1.54, 1.807) is 0 Å². The first kappa shape index (κ1) is 48.1. The molecule has 0 spiro atoms. The first-order valence-electron chi connectivity index (χ1n) is 27.1. The summed E-state index contributed by atoms with van der Waals surface area (Å²) in [4.78, 5) is 7.55. The van der Waals surface area contributed by atoms with Gasteiger partial charge in [0, 0.05) is 65.4 Å². The summed E-state index contributed by atoms with van der Waals surface area (Å²) in [6.45, 7) is 27.6. The van der Waals surface area contributed by atoms with Gasteiger partial charge in [-0.1, -0.05) is 174 Å². The number of benzene rings is 9. The molecule has 13 rings (SSSR count). The Hall–Kier alpha value is -7.54. The second kappa shape index (κ2) is 17.0. The van der Waals surface area contributed by atoms with Gasteiger partial charge in [-0.2, -0.15) is 0 Å². The minimum Gasteiger partial charge on any atom is -0.454 e. The Bertz CT molecular complexity index is 4040. The molecule has 0 bridgehead atoms. The SMILES string of the molecule is CC(C)(C)c1ccc(N(c2ccc(C(C)(C)C)cc2)c2ccc3c(c2)N(c2cccc4c2oc2cc5ccccc5cc24)c2cccc4c2B3c2sc3ccc(C(C)(C)C)cc3c2N4c2ccc(C(C)(C)C)cc2)cc1. The van der Waals surface area contributed by atoms with E-state index >= 15 is 0 Å². The van der Waals surface area contributed by atoms with Gasteiger partial charge in [-0.15, -0.1) is 11.3 Å². The number of hydrogen-bond donors (Lipinski definition) is 0. The van der Waals surface area contributed by atoms with Crippen molar-refractivity contribution in [3.63, 3.8) is 0 Å². The molecule has 76 heavy (non-hydrogen) atoms. The number of furan rings is 1. The van der Waals surface area contributed by atoms with Crippen LogP contribution in [-0.2, 0) is 21.7 Å². The lowest BCUT2D eigenvalue weighted by atomic mass is 9.36. The third-order valence-corrected chi connectivity index (χ3v) is 17.5. The van der Waals surface area contributed by atoms with Crippen LogP contribution in [0.4, 0.5) is 51.2 Å². The smallest absolute Gasteiger partial charge is 0.264 e. The lowest BCUT2D eigenvalue weighted by Gasteiger charge is -2.43. The summed E-state index contributed by atoms with van der Waals surface area (Å²) in [6, 6.07) is 69.0. The van der Waals surface area contributed by atoms with Crippen LogP contribution in [0.25, 0.3) is 42.8 Å². The van der Waals surface area contributed by atoms with Crippen LogP contribution >= 0.6 is 11.3 Å². The van der Waals surface area contributed by atoms with Crippen LogP contribution in [0.5, 0.6) is 0 Å². The molecule has 0 saturated carbocycles. The van der Waals surface area contributed by atoms with E-state index in [2.05, 4.69) is 280 Å². The summed E-state index contributed by atoms with van der Waals surface area (Å²) in [5, 5.41) is 5.88. The summed E-state index contributed by atoms with van der Waals surface area (Å²) in [5.74, 6) is 0. The van der Waals surface area contributed by atoms with E-state index in [0.29, 0.717) is 0 Å². The molecule has 2 aliphatic heterocycles. The van der Waals surface area contributed by atoms with Gasteiger partial charge in [-0.05, 0) is 157 Å². The zero-order valence-corrected chi connectivity index (χ0v) is 46.9. The number of thiophene rings is 1. The van der Waals surface area contributed by atoms with Crippen LogP contribution in [0, 0.1) is 0 Å². The van der Waals surface area contributed by atoms with Crippen molar-refractivity contribution in [1.29, 1.82) is 0 Å². The van der Waals surface area contributed by atoms with Gasteiger partial charge in [0.1, 0.15) is 5.58 Å². The molecule has 0 aliphatic carbocycles. The van der Waals surface area contributed by atoms with Crippen molar-refractivity contribution in [2.24, 2.45) is 0 Å². The minimum atomic E-state index is -0.0483. The van der Waals surface area contributed by atoms with Gasteiger partial charge in [0.25, 0.3) is 6.71 Å². The molecule has 0 amide bonds. The van der Waals surface area contributed by atoms with Crippen LogP contribution in [0.2, 0.25) is 0 Å². The van der Waals surface area contributed by atoms with Gasteiger partial charge in [0.15, 0.2) is 5.58 Å². The Morgan fingerprint density at radius 1 is 0.421 bits per heavy atom. The number of hydrogen-bond acceptors (Lipinski definition) is 5. The Balaban J connectivity index is 1.10. The molecule has 9 aromatic carbocycles. The molecule has 0 atom stereocenters. The Kier molecular flexibility index (Phi) is 10.8. The number of anilines is 9. The average molecular weight is 1010 g/mol. The third-order valence-electron chi connectivity index (χ3n) is 16.3. The fraction of sp³-hybridized carbons (Fsp3) is 0.229. The highest BCUT2D eigenvalue weighted by molar-refractivity contribution is 7.33. The molecular weight excluding hydrogens is 942 g/mol. The minimum absolute atomic E-state index is 0.0197. The van der Waals surface area contributed by atoms with Crippen molar-refractivity contribution < 1.29 is 4.42 Å². The maximum absolute atomic E-state index is 7.17. The van der Waals surface area contributed by atoms with Gasteiger partial charge in [-0.25, -0.2) is 0 Å². The zero-order chi connectivity index (χ0) is 52.8. The van der Waals surface area contributed by atoms with E-state index in [9.17, 15) is 0 Å². The van der Waals surface area contributed by atoms with Crippen LogP contribution in [0.1, 0.15) is 105 Å². The van der Waals surface area contributed by atoms with Crippen molar-refractivity contribution in [2.45, 2.75) is 105 Å². The van der Waals surface area contributed by atoms with Crippen molar-refractivity contribution in [1.82, 2.24) is 0 Å². The van der Waals surface area contributed by atoms with Crippen molar-refractivity contribution in [3.8, 4) is 0 Å². The summed E-state index contributed by atoms with van der Waals surface area (Å²) in [7, 11) is 0. The van der Waals surface area contributed by atoms with Crippen molar-refractivity contribution in [3.05, 3.63) is 204 Å². The molecule has 0 fully saturated rings. The average Bonchev–Trinajstić information content (AvgIpc) is 4.14. The van der Waals surface area contributed by atoms with E-state index in [4.69, 9.17) is 4.42 Å². The molecular formula is C70H66BN3OS.